The van der Waals surface area contributed by atoms with E-state index in [0.717, 1.165) is 14.7 Å². The van der Waals surface area contributed by atoms with Gasteiger partial charge in [-0.3, -0.25) is 52.7 Å². The molecule has 0 saturated carbocycles. The Morgan fingerprint density at radius 2 is 0.895 bits per heavy atom. The number of carboxylic acid groups (broad SMARTS) is 1. The van der Waals surface area contributed by atoms with Gasteiger partial charge in [0, 0.05) is 35.2 Å². The molecule has 0 fully saturated rings. The van der Waals surface area contributed by atoms with E-state index >= 15 is 0 Å². The van der Waals surface area contributed by atoms with E-state index in [2.05, 4.69) is 26.6 Å². The van der Waals surface area contributed by atoms with Crippen molar-refractivity contribution in [1.82, 2.24) is 51.1 Å². The number of aliphatic hydroxyl groups excluding tert-OH is 2. The largest absolute Gasteiger partial charge is 0.480 e. The normalized spacial score (nSPS) is 16.7. The molecule has 0 aromatic heterocycles. The Bertz CT molecular complexity index is 2300. The number of nitrogens with zero attached hydrogens (tertiary/aromatic N) is 5. The average Bonchev–Trinajstić information content (AvgIpc) is 3.63. The van der Waals surface area contributed by atoms with Gasteiger partial charge in [-0.1, -0.05) is 109 Å². The van der Waals surface area contributed by atoms with Crippen molar-refractivity contribution in [3.05, 3.63) is 12.2 Å². The summed E-state index contributed by atoms with van der Waals surface area (Å²) < 4.78 is 0. The zero-order chi connectivity index (χ0) is 67.1. The van der Waals surface area contributed by atoms with Crippen molar-refractivity contribution in [2.45, 2.75) is 229 Å². The lowest BCUT2D eigenvalue weighted by Crippen LogP contribution is -2.64. The molecule has 0 aliphatic rings. The molecule has 1 unspecified atom stereocenters. The lowest BCUT2D eigenvalue weighted by Gasteiger charge is -2.40. The zero-order valence-electron chi connectivity index (χ0n) is 55.7. The molecule has 10 amide bonds. The van der Waals surface area contributed by atoms with E-state index in [9.17, 15) is 68.1 Å². The molecule has 25 heteroatoms. The predicted octanol–water partition coefficient (Wildman–Crippen LogP) is 1.86. The fourth-order valence-electron chi connectivity index (χ4n) is 9.98. The zero-order valence-corrected chi connectivity index (χ0v) is 55.7. The third-order valence-corrected chi connectivity index (χ3v) is 15.4. The van der Waals surface area contributed by atoms with E-state index in [4.69, 9.17) is 5.73 Å². The first-order valence-electron chi connectivity index (χ1n) is 30.4. The highest BCUT2D eigenvalue weighted by Crippen LogP contribution is 2.24. The van der Waals surface area contributed by atoms with Crippen molar-refractivity contribution < 1.29 is 68.1 Å². The van der Waals surface area contributed by atoms with Crippen LogP contribution < -0.4 is 32.3 Å². The minimum Gasteiger partial charge on any atom is -0.480 e. The van der Waals surface area contributed by atoms with Crippen molar-refractivity contribution in [3.63, 3.8) is 0 Å². The van der Waals surface area contributed by atoms with E-state index in [1.54, 1.807) is 39.8 Å². The van der Waals surface area contributed by atoms with Crippen LogP contribution in [0, 0.1) is 41.4 Å². The number of aliphatic hydroxyl groups is 2. The number of amides is 10. The van der Waals surface area contributed by atoms with Crippen molar-refractivity contribution in [2.75, 3.05) is 41.8 Å². The number of aliphatic carboxylic acids is 1. The first kappa shape index (κ1) is 79.8. The number of nitrogens with one attached hydrogen (secondary N) is 5. The highest BCUT2D eigenvalue weighted by atomic mass is 16.4. The fraction of sp³-hybridized carbons (Fsp3) is 0.787. The summed E-state index contributed by atoms with van der Waals surface area (Å²) in [6.07, 6.45) is 1.97. The molecule has 0 aliphatic carbocycles. The molecule has 494 valence electrons. The van der Waals surface area contributed by atoms with Gasteiger partial charge in [0.25, 0.3) is 0 Å². The Hall–Kier alpha value is -6.21. The van der Waals surface area contributed by atoms with Gasteiger partial charge in [0.15, 0.2) is 0 Å². The van der Waals surface area contributed by atoms with E-state index in [0.29, 0.717) is 6.42 Å². The second-order valence-corrected chi connectivity index (χ2v) is 25.6. The number of carbonyl (C=O) groups excluding carboxylic acids is 10. The number of allylic oxidation sites excluding steroid dienone is 2. The Morgan fingerprint density at radius 3 is 1.31 bits per heavy atom. The molecular weight excluding hydrogens is 1110 g/mol. The summed E-state index contributed by atoms with van der Waals surface area (Å²) in [7, 11) is 6.66. The van der Waals surface area contributed by atoms with Crippen LogP contribution in [0.5, 0.6) is 0 Å². The molecule has 0 rings (SSSR count). The second kappa shape index (κ2) is 37.5. The summed E-state index contributed by atoms with van der Waals surface area (Å²) >= 11 is 0. The van der Waals surface area contributed by atoms with Crippen molar-refractivity contribution >= 4 is 65.0 Å². The maximum absolute atomic E-state index is 14.9. The van der Waals surface area contributed by atoms with Crippen molar-refractivity contribution in [1.29, 1.82) is 0 Å². The number of hydrogen-bond donors (Lipinski definition) is 9. The smallest absolute Gasteiger partial charge is 0.323 e. The molecular formula is C61H111N11O14. The lowest BCUT2D eigenvalue weighted by atomic mass is 9.91. The maximum atomic E-state index is 14.9. The Kier molecular flexibility index (Phi) is 34.8. The predicted molar refractivity (Wildman–Crippen MR) is 329 cm³/mol. The molecule has 0 heterocycles. The number of likely N-dealkylation sites (N-methyl/N-ethyl adjacent to an activating group) is 5. The summed E-state index contributed by atoms with van der Waals surface area (Å²) in [6, 6.07) is -12.5. The summed E-state index contributed by atoms with van der Waals surface area (Å²) in [6.45, 7) is 28.6. The summed E-state index contributed by atoms with van der Waals surface area (Å²) in [5.74, 6) is -10.5. The molecule has 0 spiro atoms. The molecule has 86 heavy (non-hydrogen) atoms. The van der Waals surface area contributed by atoms with Gasteiger partial charge >= 0.3 is 5.97 Å². The monoisotopic (exact) mass is 1220 g/mol. The summed E-state index contributed by atoms with van der Waals surface area (Å²) in [5, 5.41) is 45.1. The van der Waals surface area contributed by atoms with Gasteiger partial charge < -0.3 is 72.1 Å². The number of hydrogen-bond acceptors (Lipinski definition) is 14. The van der Waals surface area contributed by atoms with Crippen LogP contribution in [0.15, 0.2) is 12.2 Å². The Labute approximate surface area is 512 Å². The van der Waals surface area contributed by atoms with Gasteiger partial charge in [0.05, 0.1) is 18.2 Å². The van der Waals surface area contributed by atoms with Gasteiger partial charge in [0.2, 0.25) is 59.1 Å². The average molecular weight is 1220 g/mol. The summed E-state index contributed by atoms with van der Waals surface area (Å²) in [5.41, 5.74) is 6.21. The lowest BCUT2D eigenvalue weighted by molar-refractivity contribution is -0.155. The van der Waals surface area contributed by atoms with Gasteiger partial charge in [-0.15, -0.1) is 0 Å². The van der Waals surface area contributed by atoms with Crippen LogP contribution in [0.25, 0.3) is 0 Å². The van der Waals surface area contributed by atoms with E-state index in [-0.39, 0.29) is 61.7 Å². The summed E-state index contributed by atoms with van der Waals surface area (Å²) in [4.78, 5) is 158. The standard InChI is InChI=1S/C61H111N11O14/c1-23-25-26-38(14)51(76)50(56(81)67-48(41(17)73)60(85)68(18)31-46(74)75)72(22)61(86)49(36(11)12)71(21)59(84)43(28-33(5)6)65-54(79)45(30-35(9)10)69(19)57(82)40(16)64-52(77)39(15)63-53(78)44(29-34(7)8)70(20)58(83)42(27-32(3)4)66-55(80)47(62)37(13)24-2/h23,25,32-45,47-51,73,76H,24,26-31,62H2,1-22H3,(H,63,78)(H,64,77)(H,65,79)(H,66,80)(H,67,81)(H,74,75)/b25-23+/t37?,38-,39+,40-,41-,42+,43+,44+,45+,47-,48+,49+,50+,51-/m1/s1. The van der Waals surface area contributed by atoms with Crippen LogP contribution in [-0.2, 0) is 52.7 Å². The van der Waals surface area contributed by atoms with Crippen LogP contribution in [0.1, 0.15) is 156 Å². The molecule has 0 radical (unpaired) electrons. The van der Waals surface area contributed by atoms with Crippen LogP contribution in [0.3, 0.4) is 0 Å². The minimum absolute atomic E-state index is 0.00932. The molecule has 14 atom stereocenters. The van der Waals surface area contributed by atoms with E-state index < -0.39 is 156 Å². The maximum Gasteiger partial charge on any atom is 0.323 e. The van der Waals surface area contributed by atoms with Gasteiger partial charge in [-0.2, -0.15) is 0 Å². The number of nitrogens with two attached hydrogens (primary N) is 1. The first-order valence-corrected chi connectivity index (χ1v) is 30.4. The molecule has 0 aliphatic heterocycles. The third-order valence-electron chi connectivity index (χ3n) is 15.4. The Morgan fingerprint density at radius 1 is 0.477 bits per heavy atom. The fourth-order valence-corrected chi connectivity index (χ4v) is 9.98. The first-order chi connectivity index (χ1) is 39.6. The second-order valence-electron chi connectivity index (χ2n) is 25.6. The molecule has 0 aromatic carbocycles. The molecule has 25 nitrogen and oxygen atoms in total. The highest BCUT2D eigenvalue weighted by molar-refractivity contribution is 5.99. The Balaban J connectivity index is 6.90. The van der Waals surface area contributed by atoms with Crippen LogP contribution in [-0.4, -0.2) is 219 Å². The molecule has 0 saturated heterocycles. The van der Waals surface area contributed by atoms with Crippen molar-refractivity contribution in [3.8, 4) is 0 Å². The highest BCUT2D eigenvalue weighted by Gasteiger charge is 2.45. The number of carbonyl (C=O) groups is 11. The van der Waals surface area contributed by atoms with Crippen LogP contribution in [0.2, 0.25) is 0 Å². The van der Waals surface area contributed by atoms with E-state index in [1.165, 1.54) is 65.8 Å². The van der Waals surface area contributed by atoms with Crippen molar-refractivity contribution in [2.24, 2.45) is 47.2 Å². The van der Waals surface area contributed by atoms with Gasteiger partial charge in [0.1, 0.15) is 60.9 Å². The van der Waals surface area contributed by atoms with Gasteiger partial charge in [-0.05, 0) is 101 Å². The van der Waals surface area contributed by atoms with Crippen LogP contribution >= 0.6 is 0 Å². The molecule has 0 bridgehead atoms. The van der Waals surface area contributed by atoms with Gasteiger partial charge in [-0.25, -0.2) is 0 Å². The topological polar surface area (TPSA) is 351 Å². The molecule has 0 aromatic rings. The third kappa shape index (κ3) is 24.9. The van der Waals surface area contributed by atoms with Crippen LogP contribution in [0.4, 0.5) is 0 Å². The number of rotatable bonds is 37. The molecule has 10 N–H and O–H groups in total. The minimum atomic E-state index is -1.71. The number of carboxylic acids is 1. The SMILES string of the molecule is C/C=C/C[C@@H](C)[C@@H](O)[C@@H](C(=O)N[C@H](C(=O)N(C)CC(=O)O)[C@@H](C)O)N(C)C(=O)[C@H](C(C)C)N(C)C(=O)[C@H](CC(C)C)NC(=O)[C@H](CC(C)C)N(C)C(=O)[C@@H](C)NC(=O)[C@H](C)NC(=O)[C@H](CC(C)C)N(C)C(=O)[C@H](CC(C)C)NC(=O)[C@H](N)C(C)CC. The van der Waals surface area contributed by atoms with E-state index in [1.807, 2.05) is 69.2 Å². The quantitative estimate of drug-likeness (QED) is 0.0401.